The van der Waals surface area contributed by atoms with Crippen LogP contribution in [0.2, 0.25) is 5.02 Å². The van der Waals surface area contributed by atoms with Gasteiger partial charge in [0.1, 0.15) is 5.02 Å². The number of aromatic nitrogens is 6. The highest BCUT2D eigenvalue weighted by molar-refractivity contribution is 6.34. The fourth-order valence-corrected chi connectivity index (χ4v) is 3.14. The average Bonchev–Trinajstić information content (AvgIpc) is 3.26. The molecule has 3 aromatic rings. The molecule has 0 aromatic carbocycles. The maximum absolute atomic E-state index is 13.0. The summed E-state index contributed by atoms with van der Waals surface area (Å²) in [5, 5.41) is 13.7. The van der Waals surface area contributed by atoms with Crippen LogP contribution in [0, 0.1) is 6.92 Å². The molecule has 150 valence electrons. The molecule has 0 radical (unpaired) electrons. The minimum absolute atomic E-state index is 0.306. The first-order valence-electron chi connectivity index (χ1n) is 8.26. The standard InChI is InChI=1S/C16H17ClF3N7O/c1-4-27-9(2)10(5-22-27)7-26-8-11(6-21-26)23-15(28)13-12(17)14(16(18,19)20)25(3)24-13/h5-6,8H,4,7H2,1-3H3,(H,23,28). The average molecular weight is 416 g/mol. The lowest BCUT2D eigenvalue weighted by Crippen LogP contribution is -2.13. The van der Waals surface area contributed by atoms with Gasteiger partial charge >= 0.3 is 6.18 Å². The second kappa shape index (κ2) is 7.30. The predicted octanol–water partition coefficient (Wildman–Crippen LogP) is 3.11. The third-order valence-electron chi connectivity index (χ3n) is 4.20. The number of nitrogens with zero attached hydrogens (tertiary/aromatic N) is 6. The van der Waals surface area contributed by atoms with Crippen molar-refractivity contribution in [2.24, 2.45) is 7.05 Å². The summed E-state index contributed by atoms with van der Waals surface area (Å²) in [6, 6.07) is 0. The molecular weight excluding hydrogens is 399 g/mol. The monoisotopic (exact) mass is 415 g/mol. The fraction of sp³-hybridized carbons (Fsp3) is 0.375. The van der Waals surface area contributed by atoms with Crippen molar-refractivity contribution in [3.63, 3.8) is 0 Å². The molecule has 0 aliphatic rings. The van der Waals surface area contributed by atoms with E-state index in [1.54, 1.807) is 17.1 Å². The summed E-state index contributed by atoms with van der Waals surface area (Å²) < 4.78 is 42.9. The number of alkyl halides is 3. The molecule has 8 nitrogen and oxygen atoms in total. The number of amides is 1. The van der Waals surface area contributed by atoms with Crippen LogP contribution in [0.1, 0.15) is 34.4 Å². The number of halogens is 4. The molecule has 12 heteroatoms. The minimum Gasteiger partial charge on any atom is -0.318 e. The predicted molar refractivity (Wildman–Crippen MR) is 95.1 cm³/mol. The number of carbonyl (C=O) groups excluding carboxylic acids is 1. The molecule has 1 N–H and O–H groups in total. The van der Waals surface area contributed by atoms with Gasteiger partial charge in [-0.3, -0.25) is 18.8 Å². The molecule has 0 bridgehead atoms. The summed E-state index contributed by atoms with van der Waals surface area (Å²) in [4.78, 5) is 12.3. The number of hydrogen-bond donors (Lipinski definition) is 1. The second-order valence-corrected chi connectivity index (χ2v) is 6.46. The number of nitrogens with one attached hydrogen (secondary N) is 1. The van der Waals surface area contributed by atoms with Crippen LogP contribution in [-0.2, 0) is 26.3 Å². The van der Waals surface area contributed by atoms with Crippen molar-refractivity contribution in [2.45, 2.75) is 33.1 Å². The van der Waals surface area contributed by atoms with Gasteiger partial charge in [0.2, 0.25) is 0 Å². The zero-order valence-electron chi connectivity index (χ0n) is 15.2. The van der Waals surface area contributed by atoms with Crippen LogP contribution >= 0.6 is 11.6 Å². The van der Waals surface area contributed by atoms with Gasteiger partial charge in [-0.25, -0.2) is 0 Å². The van der Waals surface area contributed by atoms with Crippen molar-refractivity contribution in [3.05, 3.63) is 46.3 Å². The van der Waals surface area contributed by atoms with E-state index in [1.165, 1.54) is 6.20 Å². The fourth-order valence-electron chi connectivity index (χ4n) is 2.79. The number of aryl methyl sites for hydroxylation is 2. The van der Waals surface area contributed by atoms with Crippen LogP contribution in [-0.4, -0.2) is 35.2 Å². The van der Waals surface area contributed by atoms with Crippen molar-refractivity contribution >= 4 is 23.2 Å². The topological polar surface area (TPSA) is 82.6 Å². The van der Waals surface area contributed by atoms with Crippen LogP contribution in [0.5, 0.6) is 0 Å². The van der Waals surface area contributed by atoms with Crippen molar-refractivity contribution in [2.75, 3.05) is 5.32 Å². The van der Waals surface area contributed by atoms with E-state index < -0.39 is 28.5 Å². The number of hydrogen-bond acceptors (Lipinski definition) is 4. The third-order valence-corrected chi connectivity index (χ3v) is 4.56. The zero-order valence-corrected chi connectivity index (χ0v) is 16.0. The molecule has 0 fully saturated rings. The Morgan fingerprint density at radius 1 is 1.29 bits per heavy atom. The number of carbonyl (C=O) groups is 1. The number of rotatable bonds is 5. The second-order valence-electron chi connectivity index (χ2n) is 6.08. The Labute approximate surface area is 162 Å². The largest absolute Gasteiger partial charge is 0.434 e. The summed E-state index contributed by atoms with van der Waals surface area (Å²) in [6.07, 6.45) is -0.0325. The zero-order chi connectivity index (χ0) is 20.6. The van der Waals surface area contributed by atoms with Gasteiger partial charge in [0, 0.05) is 31.0 Å². The van der Waals surface area contributed by atoms with E-state index in [0.29, 0.717) is 16.9 Å². The highest BCUT2D eigenvalue weighted by atomic mass is 35.5. The Morgan fingerprint density at radius 3 is 2.57 bits per heavy atom. The highest BCUT2D eigenvalue weighted by Crippen LogP contribution is 2.36. The van der Waals surface area contributed by atoms with E-state index in [2.05, 4.69) is 20.6 Å². The van der Waals surface area contributed by atoms with Gasteiger partial charge in [-0.2, -0.15) is 28.5 Å². The molecule has 0 spiro atoms. The molecule has 0 saturated carbocycles. The van der Waals surface area contributed by atoms with Gasteiger partial charge in [-0.1, -0.05) is 11.6 Å². The van der Waals surface area contributed by atoms with Crippen molar-refractivity contribution < 1.29 is 18.0 Å². The molecule has 0 unspecified atom stereocenters. The summed E-state index contributed by atoms with van der Waals surface area (Å²) in [5.41, 5.74) is 0.581. The lowest BCUT2D eigenvalue weighted by atomic mass is 10.2. The molecule has 28 heavy (non-hydrogen) atoms. The van der Waals surface area contributed by atoms with Crippen LogP contribution < -0.4 is 5.32 Å². The number of anilines is 1. The Bertz CT molecular complexity index is 1020. The van der Waals surface area contributed by atoms with Gasteiger partial charge in [-0.05, 0) is 13.8 Å². The molecular formula is C16H17ClF3N7O. The van der Waals surface area contributed by atoms with E-state index in [4.69, 9.17) is 11.6 Å². The Hall–Kier alpha value is -2.82. The van der Waals surface area contributed by atoms with Gasteiger partial charge in [-0.15, -0.1) is 0 Å². The lowest BCUT2D eigenvalue weighted by Gasteiger charge is -2.06. The van der Waals surface area contributed by atoms with E-state index in [0.717, 1.165) is 24.8 Å². The quantitative estimate of drug-likeness (QED) is 0.694. The van der Waals surface area contributed by atoms with E-state index in [1.807, 2.05) is 18.5 Å². The Morgan fingerprint density at radius 2 is 2.00 bits per heavy atom. The first-order valence-corrected chi connectivity index (χ1v) is 8.64. The van der Waals surface area contributed by atoms with E-state index in [-0.39, 0.29) is 0 Å². The van der Waals surface area contributed by atoms with Gasteiger partial charge in [0.15, 0.2) is 11.4 Å². The van der Waals surface area contributed by atoms with Gasteiger partial charge < -0.3 is 5.32 Å². The van der Waals surface area contributed by atoms with Gasteiger partial charge in [0.05, 0.1) is 24.6 Å². The first kappa shape index (κ1) is 19.9. The molecule has 0 saturated heterocycles. The molecule has 0 aliphatic heterocycles. The maximum Gasteiger partial charge on any atom is 0.434 e. The van der Waals surface area contributed by atoms with Crippen molar-refractivity contribution in [1.29, 1.82) is 0 Å². The van der Waals surface area contributed by atoms with E-state index in [9.17, 15) is 18.0 Å². The normalized spacial score (nSPS) is 11.8. The SMILES string of the molecule is CCn1ncc(Cn2cc(NC(=O)c3nn(C)c(C(F)(F)F)c3Cl)cn2)c1C. The molecule has 3 rings (SSSR count). The summed E-state index contributed by atoms with van der Waals surface area (Å²) in [6.45, 7) is 5.11. The van der Waals surface area contributed by atoms with Gasteiger partial charge in [0.25, 0.3) is 5.91 Å². The van der Waals surface area contributed by atoms with Crippen LogP contribution in [0.3, 0.4) is 0 Å². The minimum atomic E-state index is -4.72. The first-order chi connectivity index (χ1) is 13.1. The molecule has 0 atom stereocenters. The maximum atomic E-state index is 13.0. The summed E-state index contributed by atoms with van der Waals surface area (Å²) in [5.74, 6) is -0.856. The smallest absolute Gasteiger partial charge is 0.318 e. The summed E-state index contributed by atoms with van der Waals surface area (Å²) in [7, 11) is 1.07. The molecule has 3 heterocycles. The van der Waals surface area contributed by atoms with E-state index >= 15 is 0 Å². The molecule has 0 aliphatic carbocycles. The van der Waals surface area contributed by atoms with Crippen molar-refractivity contribution in [1.82, 2.24) is 29.3 Å². The highest BCUT2D eigenvalue weighted by Gasteiger charge is 2.40. The Balaban J connectivity index is 1.75. The van der Waals surface area contributed by atoms with Crippen LogP contribution in [0.4, 0.5) is 18.9 Å². The summed E-state index contributed by atoms with van der Waals surface area (Å²) >= 11 is 5.73. The Kier molecular flexibility index (Phi) is 5.20. The van der Waals surface area contributed by atoms with Crippen LogP contribution in [0.15, 0.2) is 18.6 Å². The molecule has 1 amide bonds. The lowest BCUT2D eigenvalue weighted by molar-refractivity contribution is -0.143. The third kappa shape index (κ3) is 3.75. The van der Waals surface area contributed by atoms with Crippen molar-refractivity contribution in [3.8, 4) is 0 Å². The molecule has 3 aromatic heterocycles. The van der Waals surface area contributed by atoms with Crippen LogP contribution in [0.25, 0.3) is 0 Å².